The van der Waals surface area contributed by atoms with Gasteiger partial charge in [-0.05, 0) is 54.1 Å². The minimum Gasteiger partial charge on any atom is -0.460 e. The maximum Gasteiger partial charge on any atom is 0.309 e. The number of benzene rings is 2. The molecule has 0 saturated heterocycles. The molecule has 1 aliphatic rings. The molecule has 0 spiro atoms. The van der Waals surface area contributed by atoms with Gasteiger partial charge in [-0.1, -0.05) is 31.4 Å². The standard InChI is InChI=1S/C26H28FN3O3/c27-24-9-7-19(12-21(24)16-33-26(32)17-4-2-1-3-5-17)23(14-28)25(31)30-22-8-6-20-15-29-11-10-18(20)13-22/h6-13,15,17,23H,1-5,14,16,28H2,(H,30,31). The summed E-state index contributed by atoms with van der Waals surface area (Å²) in [4.78, 5) is 29.4. The van der Waals surface area contributed by atoms with Crippen molar-refractivity contribution in [3.63, 3.8) is 0 Å². The van der Waals surface area contributed by atoms with Crippen molar-refractivity contribution in [3.05, 3.63) is 71.8 Å². The van der Waals surface area contributed by atoms with E-state index in [1.807, 2.05) is 18.2 Å². The Morgan fingerprint density at radius 2 is 1.91 bits per heavy atom. The summed E-state index contributed by atoms with van der Waals surface area (Å²) < 4.78 is 19.8. The Hall–Kier alpha value is -3.32. The molecular formula is C26H28FN3O3. The van der Waals surface area contributed by atoms with Crippen LogP contribution < -0.4 is 11.1 Å². The molecule has 3 N–H and O–H groups in total. The molecule has 1 unspecified atom stereocenters. The maximum absolute atomic E-state index is 14.4. The van der Waals surface area contributed by atoms with Crippen LogP contribution in [0, 0.1) is 11.7 Å². The van der Waals surface area contributed by atoms with Crippen LogP contribution in [0.2, 0.25) is 0 Å². The van der Waals surface area contributed by atoms with E-state index in [0.717, 1.165) is 42.9 Å². The highest BCUT2D eigenvalue weighted by atomic mass is 19.1. The van der Waals surface area contributed by atoms with Gasteiger partial charge < -0.3 is 15.8 Å². The number of carbonyl (C=O) groups excluding carboxylic acids is 2. The molecule has 1 amide bonds. The maximum atomic E-state index is 14.4. The largest absolute Gasteiger partial charge is 0.460 e. The molecule has 4 rings (SSSR count). The van der Waals surface area contributed by atoms with E-state index in [4.69, 9.17) is 10.5 Å². The van der Waals surface area contributed by atoms with Crippen LogP contribution >= 0.6 is 0 Å². The number of hydrogen-bond donors (Lipinski definition) is 2. The average molecular weight is 450 g/mol. The van der Waals surface area contributed by atoms with Gasteiger partial charge >= 0.3 is 5.97 Å². The van der Waals surface area contributed by atoms with Crippen LogP contribution in [-0.2, 0) is 20.9 Å². The SMILES string of the molecule is NCC(C(=O)Nc1ccc2cnccc2c1)c1ccc(F)c(COC(=O)C2CCCCC2)c1. The van der Waals surface area contributed by atoms with Crippen molar-refractivity contribution in [1.82, 2.24) is 4.98 Å². The lowest BCUT2D eigenvalue weighted by molar-refractivity contribution is -0.151. The third kappa shape index (κ3) is 5.54. The fourth-order valence-electron chi connectivity index (χ4n) is 4.31. The summed E-state index contributed by atoms with van der Waals surface area (Å²) >= 11 is 0. The number of hydrogen-bond acceptors (Lipinski definition) is 5. The summed E-state index contributed by atoms with van der Waals surface area (Å²) in [6.45, 7) is -0.108. The highest BCUT2D eigenvalue weighted by Gasteiger charge is 2.24. The Balaban J connectivity index is 1.45. The lowest BCUT2D eigenvalue weighted by Gasteiger charge is -2.20. The van der Waals surface area contributed by atoms with E-state index in [0.29, 0.717) is 11.3 Å². The van der Waals surface area contributed by atoms with Gasteiger partial charge in [0.1, 0.15) is 12.4 Å². The first-order valence-corrected chi connectivity index (χ1v) is 11.3. The zero-order valence-electron chi connectivity index (χ0n) is 18.4. The molecule has 1 heterocycles. The molecule has 1 saturated carbocycles. The number of anilines is 1. The van der Waals surface area contributed by atoms with E-state index in [9.17, 15) is 14.0 Å². The zero-order valence-corrected chi connectivity index (χ0v) is 18.4. The van der Waals surface area contributed by atoms with Crippen LogP contribution in [0.3, 0.4) is 0 Å². The van der Waals surface area contributed by atoms with Gasteiger partial charge in [-0.3, -0.25) is 14.6 Å². The molecule has 6 nitrogen and oxygen atoms in total. The number of halogens is 1. The molecule has 3 aromatic rings. The number of pyridine rings is 1. The number of ether oxygens (including phenoxy) is 1. The summed E-state index contributed by atoms with van der Waals surface area (Å²) in [6.07, 6.45) is 8.27. The molecule has 7 heteroatoms. The predicted octanol–water partition coefficient (Wildman–Crippen LogP) is 4.68. The Morgan fingerprint density at radius 3 is 2.70 bits per heavy atom. The number of nitrogens with two attached hydrogens (primary N) is 1. The van der Waals surface area contributed by atoms with Crippen LogP contribution in [0.5, 0.6) is 0 Å². The smallest absolute Gasteiger partial charge is 0.309 e. The lowest BCUT2D eigenvalue weighted by atomic mass is 9.89. The zero-order chi connectivity index (χ0) is 23.2. The van der Waals surface area contributed by atoms with Crippen LogP contribution in [0.15, 0.2) is 54.9 Å². The molecule has 2 aromatic carbocycles. The Bertz CT molecular complexity index is 1140. The number of fused-ring (bicyclic) bond motifs is 1. The first kappa shape index (κ1) is 22.9. The molecule has 33 heavy (non-hydrogen) atoms. The number of rotatable bonds is 7. The number of carbonyl (C=O) groups is 2. The molecular weight excluding hydrogens is 421 g/mol. The molecule has 0 radical (unpaired) electrons. The fraction of sp³-hybridized carbons (Fsp3) is 0.346. The van der Waals surface area contributed by atoms with Crippen LogP contribution in [0.25, 0.3) is 10.8 Å². The highest BCUT2D eigenvalue weighted by Crippen LogP contribution is 2.26. The van der Waals surface area contributed by atoms with Gasteiger partial charge in [-0.2, -0.15) is 0 Å². The van der Waals surface area contributed by atoms with Gasteiger partial charge in [0.05, 0.1) is 11.8 Å². The van der Waals surface area contributed by atoms with Crippen LogP contribution in [0.1, 0.15) is 49.1 Å². The van der Waals surface area contributed by atoms with Crippen molar-refractivity contribution in [2.45, 2.75) is 44.6 Å². The van der Waals surface area contributed by atoms with Crippen molar-refractivity contribution in [2.75, 3.05) is 11.9 Å². The van der Waals surface area contributed by atoms with E-state index in [-0.39, 0.29) is 36.5 Å². The second-order valence-corrected chi connectivity index (χ2v) is 8.51. The van der Waals surface area contributed by atoms with Gasteiger partial charge in [-0.25, -0.2) is 4.39 Å². The van der Waals surface area contributed by atoms with Crippen molar-refractivity contribution >= 4 is 28.3 Å². The summed E-state index contributed by atoms with van der Waals surface area (Å²) in [7, 11) is 0. The minimum absolute atomic E-state index is 0.0519. The van der Waals surface area contributed by atoms with Gasteiger partial charge in [0.25, 0.3) is 0 Å². The monoisotopic (exact) mass is 449 g/mol. The molecule has 172 valence electrons. The topological polar surface area (TPSA) is 94.3 Å². The van der Waals surface area contributed by atoms with Gasteiger partial charge in [0.15, 0.2) is 0 Å². The van der Waals surface area contributed by atoms with E-state index in [1.54, 1.807) is 30.6 Å². The summed E-state index contributed by atoms with van der Waals surface area (Å²) in [5, 5.41) is 4.82. The Kier molecular flexibility index (Phi) is 7.29. The molecule has 1 atom stereocenters. The van der Waals surface area contributed by atoms with E-state index >= 15 is 0 Å². The van der Waals surface area contributed by atoms with Crippen LogP contribution in [-0.4, -0.2) is 23.4 Å². The van der Waals surface area contributed by atoms with Crippen molar-refractivity contribution in [1.29, 1.82) is 0 Å². The number of nitrogens with zero attached hydrogens (tertiary/aromatic N) is 1. The lowest BCUT2D eigenvalue weighted by Crippen LogP contribution is -2.27. The second kappa shape index (κ2) is 10.5. The summed E-state index contributed by atoms with van der Waals surface area (Å²) in [6, 6.07) is 11.8. The van der Waals surface area contributed by atoms with Gasteiger partial charge in [0, 0.05) is 35.6 Å². The van der Waals surface area contributed by atoms with Gasteiger partial charge in [-0.15, -0.1) is 0 Å². The number of esters is 1. The first-order chi connectivity index (χ1) is 16.0. The number of nitrogens with one attached hydrogen (secondary N) is 1. The van der Waals surface area contributed by atoms with Crippen molar-refractivity contribution in [3.8, 4) is 0 Å². The highest BCUT2D eigenvalue weighted by molar-refractivity contribution is 5.98. The third-order valence-corrected chi connectivity index (χ3v) is 6.24. The molecule has 1 fully saturated rings. The quantitative estimate of drug-likeness (QED) is 0.511. The number of amides is 1. The van der Waals surface area contributed by atoms with E-state index in [2.05, 4.69) is 10.3 Å². The Labute approximate surface area is 192 Å². The normalized spacial score (nSPS) is 15.2. The summed E-state index contributed by atoms with van der Waals surface area (Å²) in [5.41, 5.74) is 7.36. The van der Waals surface area contributed by atoms with Crippen molar-refractivity contribution < 1.29 is 18.7 Å². The summed E-state index contributed by atoms with van der Waals surface area (Å²) in [5.74, 6) is -1.83. The molecule has 0 bridgehead atoms. The average Bonchev–Trinajstić information content (AvgIpc) is 2.85. The first-order valence-electron chi connectivity index (χ1n) is 11.3. The number of aromatic nitrogens is 1. The van der Waals surface area contributed by atoms with Crippen LogP contribution in [0.4, 0.5) is 10.1 Å². The van der Waals surface area contributed by atoms with Gasteiger partial charge in [0.2, 0.25) is 5.91 Å². The Morgan fingerprint density at radius 1 is 1.09 bits per heavy atom. The minimum atomic E-state index is -0.675. The molecule has 0 aliphatic heterocycles. The predicted molar refractivity (Wildman–Crippen MR) is 125 cm³/mol. The van der Waals surface area contributed by atoms with E-state index in [1.165, 1.54) is 6.07 Å². The molecule has 1 aliphatic carbocycles. The fourth-order valence-corrected chi connectivity index (χ4v) is 4.31. The second-order valence-electron chi connectivity index (χ2n) is 8.51. The third-order valence-electron chi connectivity index (χ3n) is 6.24. The van der Waals surface area contributed by atoms with E-state index < -0.39 is 11.7 Å². The van der Waals surface area contributed by atoms with Crippen molar-refractivity contribution in [2.24, 2.45) is 11.7 Å². The molecule has 1 aromatic heterocycles.